The SMILES string of the molecule is O=c1c(S(=O)(=O)c2ccc(F)cc2)c[nH]c2cc(F)c(Cl)cc12. The molecule has 3 aromatic rings. The fraction of sp³-hybridized carbons (Fsp3) is 0. The third kappa shape index (κ3) is 2.62. The highest BCUT2D eigenvalue weighted by atomic mass is 35.5. The largest absolute Gasteiger partial charge is 0.360 e. The molecule has 0 amide bonds. The first kappa shape index (κ1) is 15.6. The van der Waals surface area contributed by atoms with E-state index in [9.17, 15) is 22.0 Å². The lowest BCUT2D eigenvalue weighted by Crippen LogP contribution is -2.16. The van der Waals surface area contributed by atoms with Crippen LogP contribution in [0.1, 0.15) is 0 Å². The molecule has 0 unspecified atom stereocenters. The van der Waals surface area contributed by atoms with Crippen LogP contribution in [0.2, 0.25) is 5.02 Å². The van der Waals surface area contributed by atoms with E-state index in [1.165, 1.54) is 0 Å². The predicted molar refractivity (Wildman–Crippen MR) is 81.4 cm³/mol. The number of benzene rings is 2. The Morgan fingerprint density at radius 3 is 2.35 bits per heavy atom. The van der Waals surface area contributed by atoms with Crippen molar-refractivity contribution in [2.24, 2.45) is 0 Å². The van der Waals surface area contributed by atoms with Crippen molar-refractivity contribution in [1.29, 1.82) is 0 Å². The lowest BCUT2D eigenvalue weighted by Gasteiger charge is -2.06. The van der Waals surface area contributed by atoms with E-state index in [4.69, 9.17) is 11.6 Å². The number of sulfone groups is 1. The van der Waals surface area contributed by atoms with Crippen molar-refractivity contribution < 1.29 is 17.2 Å². The minimum absolute atomic E-state index is 0.0559. The third-order valence-corrected chi connectivity index (χ3v) is 5.37. The van der Waals surface area contributed by atoms with E-state index in [2.05, 4.69) is 4.98 Å². The van der Waals surface area contributed by atoms with E-state index in [-0.39, 0.29) is 20.8 Å². The second kappa shape index (κ2) is 5.43. The number of hydrogen-bond acceptors (Lipinski definition) is 3. The van der Waals surface area contributed by atoms with Gasteiger partial charge in [0, 0.05) is 11.6 Å². The Balaban J connectivity index is 2.28. The monoisotopic (exact) mass is 355 g/mol. The van der Waals surface area contributed by atoms with Crippen LogP contribution in [0.4, 0.5) is 8.78 Å². The summed E-state index contributed by atoms with van der Waals surface area (Å²) in [7, 11) is -4.15. The quantitative estimate of drug-likeness (QED) is 0.717. The normalized spacial score (nSPS) is 11.8. The number of H-pyrrole nitrogens is 1. The second-order valence-electron chi connectivity index (χ2n) is 4.75. The van der Waals surface area contributed by atoms with Crippen LogP contribution in [0.25, 0.3) is 10.9 Å². The van der Waals surface area contributed by atoms with Crippen molar-refractivity contribution in [2.45, 2.75) is 9.79 Å². The Hall–Kier alpha value is -2.25. The van der Waals surface area contributed by atoms with Gasteiger partial charge in [-0.3, -0.25) is 4.79 Å². The van der Waals surface area contributed by atoms with Crippen molar-refractivity contribution in [3.05, 3.63) is 69.5 Å². The first-order valence-corrected chi connectivity index (χ1v) is 8.18. The Morgan fingerprint density at radius 2 is 1.70 bits per heavy atom. The zero-order valence-corrected chi connectivity index (χ0v) is 12.9. The molecule has 0 aliphatic heterocycles. The van der Waals surface area contributed by atoms with Gasteiger partial charge in [-0.1, -0.05) is 11.6 Å². The minimum atomic E-state index is -4.15. The van der Waals surface area contributed by atoms with E-state index < -0.39 is 31.8 Å². The molecular formula is C15H8ClF2NO3S. The van der Waals surface area contributed by atoms with Gasteiger partial charge < -0.3 is 4.98 Å². The van der Waals surface area contributed by atoms with Crippen molar-refractivity contribution >= 4 is 32.3 Å². The molecule has 0 aliphatic rings. The van der Waals surface area contributed by atoms with Gasteiger partial charge >= 0.3 is 0 Å². The molecule has 23 heavy (non-hydrogen) atoms. The lowest BCUT2D eigenvalue weighted by molar-refractivity contribution is 0.594. The smallest absolute Gasteiger partial charge is 0.211 e. The molecule has 8 heteroatoms. The van der Waals surface area contributed by atoms with Gasteiger partial charge in [0.25, 0.3) is 0 Å². The first-order chi connectivity index (χ1) is 10.8. The molecule has 0 fully saturated rings. The average molecular weight is 356 g/mol. The summed E-state index contributed by atoms with van der Waals surface area (Å²) >= 11 is 5.64. The number of halogens is 3. The Bertz CT molecular complexity index is 1080. The summed E-state index contributed by atoms with van der Waals surface area (Å²) in [6.45, 7) is 0. The molecule has 0 atom stereocenters. The maximum absolute atomic E-state index is 13.4. The van der Waals surface area contributed by atoms with Crippen LogP contribution in [0.15, 0.2) is 57.2 Å². The molecule has 118 valence electrons. The van der Waals surface area contributed by atoms with E-state index >= 15 is 0 Å². The number of aromatic amines is 1. The first-order valence-electron chi connectivity index (χ1n) is 6.32. The van der Waals surface area contributed by atoms with Gasteiger partial charge in [0.05, 0.1) is 15.4 Å². The van der Waals surface area contributed by atoms with Crippen molar-refractivity contribution in [3.63, 3.8) is 0 Å². The Labute approximate surface area is 134 Å². The maximum Gasteiger partial charge on any atom is 0.211 e. The van der Waals surface area contributed by atoms with Gasteiger partial charge in [-0.25, -0.2) is 17.2 Å². The lowest BCUT2D eigenvalue weighted by atomic mass is 10.2. The maximum atomic E-state index is 13.4. The molecule has 1 aromatic heterocycles. The number of fused-ring (bicyclic) bond motifs is 1. The fourth-order valence-corrected chi connectivity index (χ4v) is 3.62. The van der Waals surface area contributed by atoms with Crippen molar-refractivity contribution in [1.82, 2.24) is 4.98 Å². The van der Waals surface area contributed by atoms with E-state index in [1.54, 1.807) is 0 Å². The van der Waals surface area contributed by atoms with E-state index in [1.807, 2.05) is 0 Å². The van der Waals surface area contributed by atoms with Crippen LogP contribution in [0.3, 0.4) is 0 Å². The number of hydrogen-bond donors (Lipinski definition) is 1. The van der Waals surface area contributed by atoms with Crippen LogP contribution < -0.4 is 5.43 Å². The second-order valence-corrected chi connectivity index (χ2v) is 7.08. The number of nitrogens with one attached hydrogen (secondary N) is 1. The molecule has 0 saturated heterocycles. The average Bonchev–Trinajstić information content (AvgIpc) is 2.50. The number of rotatable bonds is 2. The molecule has 0 radical (unpaired) electrons. The summed E-state index contributed by atoms with van der Waals surface area (Å²) in [6, 6.07) is 6.16. The van der Waals surface area contributed by atoms with Crippen LogP contribution in [-0.4, -0.2) is 13.4 Å². The summed E-state index contributed by atoms with van der Waals surface area (Å²) in [5, 5.41) is -0.348. The Kier molecular flexibility index (Phi) is 3.69. The highest BCUT2D eigenvalue weighted by Gasteiger charge is 2.23. The van der Waals surface area contributed by atoms with Gasteiger partial charge in [0.2, 0.25) is 15.3 Å². The molecule has 2 aromatic carbocycles. The third-order valence-electron chi connectivity index (χ3n) is 3.30. The highest BCUT2D eigenvalue weighted by molar-refractivity contribution is 7.91. The van der Waals surface area contributed by atoms with Crippen LogP contribution in [0, 0.1) is 11.6 Å². The number of pyridine rings is 1. The molecule has 4 nitrogen and oxygen atoms in total. The molecule has 0 spiro atoms. The number of aromatic nitrogens is 1. The van der Waals surface area contributed by atoms with Gasteiger partial charge in [0.1, 0.15) is 16.5 Å². The van der Waals surface area contributed by atoms with Crippen LogP contribution in [-0.2, 0) is 9.84 Å². The van der Waals surface area contributed by atoms with Gasteiger partial charge in [0.15, 0.2) is 0 Å². The molecular weight excluding hydrogens is 348 g/mol. The summed E-state index contributed by atoms with van der Waals surface area (Å²) in [5.41, 5.74) is -0.695. The minimum Gasteiger partial charge on any atom is -0.360 e. The van der Waals surface area contributed by atoms with Gasteiger partial charge in [-0.05, 0) is 36.4 Å². The molecule has 0 aliphatic carbocycles. The van der Waals surface area contributed by atoms with Gasteiger partial charge in [-0.15, -0.1) is 0 Å². The van der Waals surface area contributed by atoms with Crippen LogP contribution >= 0.6 is 11.6 Å². The van der Waals surface area contributed by atoms with Crippen LogP contribution in [0.5, 0.6) is 0 Å². The van der Waals surface area contributed by atoms with E-state index in [0.717, 1.165) is 42.6 Å². The van der Waals surface area contributed by atoms with Crippen molar-refractivity contribution in [2.75, 3.05) is 0 Å². The van der Waals surface area contributed by atoms with E-state index in [0.29, 0.717) is 0 Å². The summed E-state index contributed by atoms with van der Waals surface area (Å²) < 4.78 is 51.4. The fourth-order valence-electron chi connectivity index (χ4n) is 2.14. The summed E-state index contributed by atoms with van der Waals surface area (Å²) in [4.78, 5) is 14.2. The highest BCUT2D eigenvalue weighted by Crippen LogP contribution is 2.23. The molecule has 1 N–H and O–H groups in total. The van der Waals surface area contributed by atoms with Crippen molar-refractivity contribution in [3.8, 4) is 0 Å². The molecule has 3 rings (SSSR count). The molecule has 0 saturated carbocycles. The standard InChI is InChI=1S/C15H8ClF2NO3S/c16-11-5-10-13(6-12(11)18)19-7-14(15(10)20)23(21,22)9-3-1-8(17)2-4-9/h1-7H,(H,19,20). The Morgan fingerprint density at radius 1 is 1.04 bits per heavy atom. The zero-order chi connectivity index (χ0) is 16.8. The molecule has 0 bridgehead atoms. The van der Waals surface area contributed by atoms with Gasteiger partial charge in [-0.2, -0.15) is 0 Å². The zero-order valence-electron chi connectivity index (χ0n) is 11.3. The summed E-state index contributed by atoms with van der Waals surface area (Å²) in [6.07, 6.45) is 0.983. The topological polar surface area (TPSA) is 67.0 Å². The summed E-state index contributed by atoms with van der Waals surface area (Å²) in [5.74, 6) is -1.33. The molecule has 1 heterocycles. The predicted octanol–water partition coefficient (Wildman–Crippen LogP) is 3.29.